The zero-order valence-corrected chi connectivity index (χ0v) is 14.2. The van der Waals surface area contributed by atoms with Gasteiger partial charge in [-0.1, -0.05) is 30.3 Å². The second-order valence-electron chi connectivity index (χ2n) is 6.19. The summed E-state index contributed by atoms with van der Waals surface area (Å²) in [5, 5.41) is 17.2. The van der Waals surface area contributed by atoms with E-state index in [9.17, 15) is 5.11 Å². The molecule has 0 spiro atoms. The van der Waals surface area contributed by atoms with Crippen LogP contribution >= 0.6 is 0 Å². The maximum absolute atomic E-state index is 10.6. The highest BCUT2D eigenvalue weighted by Gasteiger charge is 2.22. The molecule has 1 fully saturated rings. The fraction of sp³-hybridized carbons (Fsp3) is 0.611. The first-order valence-corrected chi connectivity index (χ1v) is 8.53. The Morgan fingerprint density at radius 1 is 1.35 bits per heavy atom. The van der Waals surface area contributed by atoms with E-state index in [0.717, 1.165) is 44.1 Å². The van der Waals surface area contributed by atoms with E-state index in [1.807, 2.05) is 37.3 Å². The molecule has 2 rings (SSSR count). The van der Waals surface area contributed by atoms with Gasteiger partial charge in [-0.25, -0.2) is 4.99 Å². The van der Waals surface area contributed by atoms with Crippen LogP contribution in [0, 0.1) is 0 Å². The Kier molecular flexibility index (Phi) is 6.86. The van der Waals surface area contributed by atoms with Crippen molar-refractivity contribution in [2.24, 2.45) is 4.99 Å². The van der Waals surface area contributed by atoms with Crippen LogP contribution in [0.3, 0.4) is 0 Å². The molecular formula is C18H29N3O2. The van der Waals surface area contributed by atoms with Crippen molar-refractivity contribution in [2.45, 2.75) is 44.8 Å². The highest BCUT2D eigenvalue weighted by Crippen LogP contribution is 2.20. The van der Waals surface area contributed by atoms with E-state index < -0.39 is 5.60 Å². The van der Waals surface area contributed by atoms with E-state index in [1.54, 1.807) is 6.92 Å². The summed E-state index contributed by atoms with van der Waals surface area (Å²) in [5.74, 6) is 0.738. The van der Waals surface area contributed by atoms with Crippen LogP contribution in [0.2, 0.25) is 0 Å². The van der Waals surface area contributed by atoms with Crippen LogP contribution in [0.4, 0.5) is 0 Å². The molecule has 1 heterocycles. The molecule has 1 aliphatic heterocycles. The van der Waals surface area contributed by atoms with Gasteiger partial charge in [0.2, 0.25) is 0 Å². The summed E-state index contributed by atoms with van der Waals surface area (Å²) in [6, 6.07) is 9.65. The quantitative estimate of drug-likeness (QED) is 0.531. The van der Waals surface area contributed by atoms with Crippen LogP contribution in [0.15, 0.2) is 35.3 Å². The molecule has 5 heteroatoms. The number of hydrogen-bond donors (Lipinski definition) is 3. The second-order valence-corrected chi connectivity index (χ2v) is 6.19. The lowest BCUT2D eigenvalue weighted by Crippen LogP contribution is -2.40. The van der Waals surface area contributed by atoms with Crippen LogP contribution in [0.25, 0.3) is 0 Å². The summed E-state index contributed by atoms with van der Waals surface area (Å²) in [6.45, 7) is 6.64. The summed E-state index contributed by atoms with van der Waals surface area (Å²) in [6.07, 6.45) is 3.67. The van der Waals surface area contributed by atoms with Crippen molar-refractivity contribution in [1.82, 2.24) is 10.6 Å². The summed E-state index contributed by atoms with van der Waals surface area (Å²) in [4.78, 5) is 4.53. The summed E-state index contributed by atoms with van der Waals surface area (Å²) < 4.78 is 5.63. The van der Waals surface area contributed by atoms with Gasteiger partial charge in [-0.15, -0.1) is 0 Å². The minimum atomic E-state index is -0.974. The van der Waals surface area contributed by atoms with Crippen LogP contribution in [-0.2, 0) is 10.3 Å². The molecule has 1 aliphatic rings. The largest absolute Gasteiger partial charge is 0.384 e. The highest BCUT2D eigenvalue weighted by molar-refractivity contribution is 5.79. The molecule has 5 nitrogen and oxygen atoms in total. The van der Waals surface area contributed by atoms with E-state index in [-0.39, 0.29) is 0 Å². The Hall–Kier alpha value is -1.59. The predicted molar refractivity (Wildman–Crippen MR) is 93.6 cm³/mol. The molecule has 0 radical (unpaired) electrons. The van der Waals surface area contributed by atoms with Crippen molar-refractivity contribution < 1.29 is 9.84 Å². The van der Waals surface area contributed by atoms with Crippen LogP contribution < -0.4 is 10.6 Å². The van der Waals surface area contributed by atoms with Gasteiger partial charge in [-0.2, -0.15) is 0 Å². The molecule has 0 aromatic heterocycles. The van der Waals surface area contributed by atoms with Crippen molar-refractivity contribution >= 4 is 5.96 Å². The van der Waals surface area contributed by atoms with Crippen molar-refractivity contribution in [2.75, 3.05) is 26.2 Å². The number of rotatable bonds is 7. The number of benzene rings is 1. The molecule has 2 unspecified atom stereocenters. The zero-order valence-electron chi connectivity index (χ0n) is 14.2. The molecule has 1 saturated heterocycles. The standard InChI is InChI=1S/C18H29N3O2/c1-3-19-17(20-12-11-16-10-7-13-23-16)21-14-18(2,22)15-8-5-4-6-9-15/h4-6,8-9,16,22H,3,7,10-14H2,1-2H3,(H2,19,20,21). The molecule has 2 atom stereocenters. The van der Waals surface area contributed by atoms with Crippen LogP contribution in [0.5, 0.6) is 0 Å². The minimum absolute atomic E-state index is 0.312. The molecule has 3 N–H and O–H groups in total. The molecule has 0 aliphatic carbocycles. The monoisotopic (exact) mass is 319 g/mol. The Bertz CT molecular complexity index is 482. The van der Waals surface area contributed by atoms with E-state index in [0.29, 0.717) is 12.6 Å². The topological polar surface area (TPSA) is 65.9 Å². The lowest BCUT2D eigenvalue weighted by Gasteiger charge is -2.22. The fourth-order valence-electron chi connectivity index (χ4n) is 2.69. The Labute approximate surface area is 139 Å². The van der Waals surface area contributed by atoms with E-state index in [2.05, 4.69) is 15.6 Å². The van der Waals surface area contributed by atoms with Crippen molar-refractivity contribution in [3.8, 4) is 0 Å². The Morgan fingerprint density at radius 3 is 2.78 bits per heavy atom. The van der Waals surface area contributed by atoms with E-state index in [1.165, 1.54) is 6.42 Å². The van der Waals surface area contributed by atoms with Crippen molar-refractivity contribution in [3.63, 3.8) is 0 Å². The number of guanidine groups is 1. The predicted octanol–water partition coefficient (Wildman–Crippen LogP) is 2.02. The first kappa shape index (κ1) is 17.8. The number of aliphatic imine (C=N–C) groups is 1. The first-order chi connectivity index (χ1) is 11.1. The second kappa shape index (κ2) is 8.89. The maximum Gasteiger partial charge on any atom is 0.191 e. The van der Waals surface area contributed by atoms with Gasteiger partial charge in [0.15, 0.2) is 5.96 Å². The molecule has 1 aromatic carbocycles. The third kappa shape index (κ3) is 5.84. The molecule has 0 saturated carbocycles. The van der Waals surface area contributed by atoms with Gasteiger partial charge in [0, 0.05) is 19.7 Å². The van der Waals surface area contributed by atoms with Gasteiger partial charge in [0.25, 0.3) is 0 Å². The lowest BCUT2D eigenvalue weighted by atomic mass is 9.96. The zero-order chi connectivity index (χ0) is 16.5. The number of aliphatic hydroxyl groups is 1. The van der Waals surface area contributed by atoms with Crippen molar-refractivity contribution in [3.05, 3.63) is 35.9 Å². The van der Waals surface area contributed by atoms with Crippen LogP contribution in [-0.4, -0.2) is 43.4 Å². The number of nitrogens with zero attached hydrogens (tertiary/aromatic N) is 1. The molecule has 128 valence electrons. The SMILES string of the molecule is CCNC(=NCC(C)(O)c1ccccc1)NCCC1CCCO1. The summed E-state index contributed by atoms with van der Waals surface area (Å²) in [7, 11) is 0. The molecule has 0 bridgehead atoms. The Morgan fingerprint density at radius 2 is 2.13 bits per heavy atom. The first-order valence-electron chi connectivity index (χ1n) is 8.53. The fourth-order valence-corrected chi connectivity index (χ4v) is 2.69. The van der Waals surface area contributed by atoms with E-state index >= 15 is 0 Å². The van der Waals surface area contributed by atoms with Gasteiger partial charge in [-0.3, -0.25) is 0 Å². The third-order valence-corrected chi connectivity index (χ3v) is 4.07. The molecular weight excluding hydrogens is 290 g/mol. The smallest absolute Gasteiger partial charge is 0.191 e. The molecule has 0 amide bonds. The average molecular weight is 319 g/mol. The lowest BCUT2D eigenvalue weighted by molar-refractivity contribution is 0.0672. The number of hydrogen-bond acceptors (Lipinski definition) is 3. The number of ether oxygens (including phenoxy) is 1. The van der Waals surface area contributed by atoms with Gasteiger partial charge in [0.1, 0.15) is 5.60 Å². The minimum Gasteiger partial charge on any atom is -0.384 e. The number of nitrogens with one attached hydrogen (secondary N) is 2. The van der Waals surface area contributed by atoms with Crippen molar-refractivity contribution in [1.29, 1.82) is 0 Å². The summed E-state index contributed by atoms with van der Waals surface area (Å²) in [5.41, 5.74) is -0.100. The van der Waals surface area contributed by atoms with Crippen LogP contribution in [0.1, 0.15) is 38.7 Å². The molecule has 1 aromatic rings. The van der Waals surface area contributed by atoms with Gasteiger partial charge in [0.05, 0.1) is 12.6 Å². The Balaban J connectivity index is 1.86. The normalized spacial score (nSPS) is 21.0. The average Bonchev–Trinajstić information content (AvgIpc) is 3.07. The van der Waals surface area contributed by atoms with Gasteiger partial charge in [-0.05, 0) is 38.7 Å². The third-order valence-electron chi connectivity index (χ3n) is 4.07. The summed E-state index contributed by atoms with van der Waals surface area (Å²) >= 11 is 0. The van der Waals surface area contributed by atoms with E-state index in [4.69, 9.17) is 4.74 Å². The highest BCUT2D eigenvalue weighted by atomic mass is 16.5. The molecule has 23 heavy (non-hydrogen) atoms. The van der Waals surface area contributed by atoms with Gasteiger partial charge < -0.3 is 20.5 Å². The maximum atomic E-state index is 10.6. The van der Waals surface area contributed by atoms with Gasteiger partial charge >= 0.3 is 0 Å².